The van der Waals surface area contributed by atoms with Crippen molar-refractivity contribution >= 4 is 5.82 Å². The van der Waals surface area contributed by atoms with Crippen LogP contribution >= 0.6 is 0 Å². The van der Waals surface area contributed by atoms with Gasteiger partial charge in [-0.05, 0) is 25.0 Å². The van der Waals surface area contributed by atoms with Gasteiger partial charge in [0, 0.05) is 12.7 Å². The third kappa shape index (κ3) is 1.88. The van der Waals surface area contributed by atoms with Crippen molar-refractivity contribution in [1.82, 2.24) is 4.98 Å². The Morgan fingerprint density at radius 3 is 3.00 bits per heavy atom. The summed E-state index contributed by atoms with van der Waals surface area (Å²) in [5, 5.41) is 0. The quantitative estimate of drug-likeness (QED) is 0.800. The molecule has 0 aliphatic carbocycles. The van der Waals surface area contributed by atoms with Gasteiger partial charge in [-0.25, -0.2) is 4.98 Å². The summed E-state index contributed by atoms with van der Waals surface area (Å²) >= 11 is 0. The lowest BCUT2D eigenvalue weighted by atomic mass is 10.1. The minimum absolute atomic E-state index is 0.274. The Balaban J connectivity index is 1.54. The van der Waals surface area contributed by atoms with Crippen molar-refractivity contribution in [2.45, 2.75) is 31.6 Å². The molecule has 19 heavy (non-hydrogen) atoms. The van der Waals surface area contributed by atoms with Crippen LogP contribution in [0.4, 0.5) is 5.82 Å². The number of fused-ring (bicyclic) bond motifs is 3. The molecule has 1 aromatic heterocycles. The summed E-state index contributed by atoms with van der Waals surface area (Å²) in [5.41, 5.74) is 1.15. The zero-order valence-electron chi connectivity index (χ0n) is 11.0. The Bertz CT molecular complexity index is 490. The first-order chi connectivity index (χ1) is 9.31. The van der Waals surface area contributed by atoms with Gasteiger partial charge in [-0.2, -0.15) is 0 Å². The van der Waals surface area contributed by atoms with Crippen molar-refractivity contribution in [2.75, 3.05) is 31.3 Å². The molecule has 4 rings (SSSR count). The first-order valence-electron chi connectivity index (χ1n) is 6.89. The lowest BCUT2D eigenvalue weighted by molar-refractivity contribution is -0.150. The second-order valence-corrected chi connectivity index (χ2v) is 5.55. The predicted molar refractivity (Wildman–Crippen MR) is 69.7 cm³/mol. The van der Waals surface area contributed by atoms with Crippen LogP contribution < -0.4 is 9.64 Å². The summed E-state index contributed by atoms with van der Waals surface area (Å²) in [6.07, 6.45) is 3.44. The SMILES string of the molecule is Cc1ccnc2c1OCC1CC(OC3COC3)CN21. The number of hydrogen-bond donors (Lipinski definition) is 0. The molecule has 2 saturated heterocycles. The van der Waals surface area contributed by atoms with E-state index in [1.807, 2.05) is 12.3 Å². The van der Waals surface area contributed by atoms with Crippen LogP contribution in [0.5, 0.6) is 5.75 Å². The molecule has 2 fully saturated rings. The van der Waals surface area contributed by atoms with E-state index in [-0.39, 0.29) is 12.2 Å². The molecule has 5 nitrogen and oxygen atoms in total. The molecule has 4 heterocycles. The average molecular weight is 262 g/mol. The zero-order chi connectivity index (χ0) is 12.8. The van der Waals surface area contributed by atoms with E-state index in [1.54, 1.807) is 0 Å². The van der Waals surface area contributed by atoms with E-state index >= 15 is 0 Å². The van der Waals surface area contributed by atoms with Crippen LogP contribution in [0, 0.1) is 6.92 Å². The molecule has 0 spiro atoms. The van der Waals surface area contributed by atoms with E-state index in [9.17, 15) is 0 Å². The highest BCUT2D eigenvalue weighted by Gasteiger charge is 2.40. The lowest BCUT2D eigenvalue weighted by Gasteiger charge is -2.32. The maximum Gasteiger partial charge on any atom is 0.172 e. The number of ether oxygens (including phenoxy) is 3. The number of pyridine rings is 1. The van der Waals surface area contributed by atoms with Crippen molar-refractivity contribution in [2.24, 2.45) is 0 Å². The van der Waals surface area contributed by atoms with Gasteiger partial charge in [-0.15, -0.1) is 0 Å². The largest absolute Gasteiger partial charge is 0.487 e. The number of nitrogens with zero attached hydrogens (tertiary/aromatic N) is 2. The second-order valence-electron chi connectivity index (χ2n) is 5.55. The first kappa shape index (κ1) is 11.5. The molecule has 5 heteroatoms. The number of hydrogen-bond acceptors (Lipinski definition) is 5. The van der Waals surface area contributed by atoms with Gasteiger partial charge in [-0.1, -0.05) is 0 Å². The average Bonchev–Trinajstić information content (AvgIpc) is 2.77. The van der Waals surface area contributed by atoms with E-state index in [2.05, 4.69) is 16.8 Å². The van der Waals surface area contributed by atoms with Crippen LogP contribution in [-0.4, -0.2) is 49.6 Å². The van der Waals surface area contributed by atoms with Crippen LogP contribution in [0.25, 0.3) is 0 Å². The first-order valence-corrected chi connectivity index (χ1v) is 6.89. The molecule has 1 aromatic rings. The summed E-state index contributed by atoms with van der Waals surface area (Å²) in [7, 11) is 0. The normalized spacial score (nSPS) is 29.4. The number of anilines is 1. The van der Waals surface area contributed by atoms with Crippen molar-refractivity contribution < 1.29 is 14.2 Å². The molecule has 102 valence electrons. The van der Waals surface area contributed by atoms with Crippen LogP contribution in [0.1, 0.15) is 12.0 Å². The smallest absolute Gasteiger partial charge is 0.172 e. The van der Waals surface area contributed by atoms with Gasteiger partial charge in [0.05, 0.1) is 25.4 Å². The summed E-state index contributed by atoms with van der Waals surface area (Å²) in [4.78, 5) is 6.83. The standard InChI is InChI=1S/C14H18N2O3/c1-9-2-3-15-14-13(9)18-6-10-4-11(5-16(10)14)19-12-7-17-8-12/h2-3,10-12H,4-8H2,1H3. The lowest BCUT2D eigenvalue weighted by Crippen LogP contribution is -2.40. The molecule has 0 radical (unpaired) electrons. The van der Waals surface area contributed by atoms with Crippen LogP contribution in [-0.2, 0) is 9.47 Å². The molecular formula is C14H18N2O3. The van der Waals surface area contributed by atoms with E-state index in [4.69, 9.17) is 14.2 Å². The van der Waals surface area contributed by atoms with Crippen molar-refractivity contribution in [3.63, 3.8) is 0 Å². The topological polar surface area (TPSA) is 43.8 Å². The Labute approximate surface area is 112 Å². The summed E-state index contributed by atoms with van der Waals surface area (Å²) < 4.78 is 17.1. The highest BCUT2D eigenvalue weighted by molar-refractivity contribution is 5.59. The van der Waals surface area contributed by atoms with E-state index < -0.39 is 0 Å². The Hall–Kier alpha value is -1.33. The molecule has 0 N–H and O–H groups in total. The Morgan fingerprint density at radius 1 is 1.32 bits per heavy atom. The molecule has 3 aliphatic rings. The van der Waals surface area contributed by atoms with Crippen molar-refractivity contribution in [1.29, 1.82) is 0 Å². The van der Waals surface area contributed by atoms with Crippen LogP contribution in [0.15, 0.2) is 12.3 Å². The van der Waals surface area contributed by atoms with Gasteiger partial charge in [0.2, 0.25) is 0 Å². The van der Waals surface area contributed by atoms with E-state index in [0.29, 0.717) is 6.04 Å². The zero-order valence-corrected chi connectivity index (χ0v) is 11.0. The van der Waals surface area contributed by atoms with Gasteiger partial charge in [0.15, 0.2) is 11.6 Å². The Morgan fingerprint density at radius 2 is 2.21 bits per heavy atom. The van der Waals surface area contributed by atoms with E-state index in [1.165, 1.54) is 0 Å². The summed E-state index contributed by atoms with van der Waals surface area (Å²) in [6, 6.07) is 2.39. The molecule has 0 aromatic carbocycles. The molecular weight excluding hydrogens is 244 g/mol. The summed E-state index contributed by atoms with van der Waals surface area (Å²) in [5.74, 6) is 1.92. The van der Waals surface area contributed by atoms with Crippen molar-refractivity contribution in [3.8, 4) is 5.75 Å². The monoisotopic (exact) mass is 262 g/mol. The van der Waals surface area contributed by atoms with Crippen molar-refractivity contribution in [3.05, 3.63) is 17.8 Å². The molecule has 2 unspecified atom stereocenters. The van der Waals surface area contributed by atoms with Gasteiger partial charge in [0.25, 0.3) is 0 Å². The van der Waals surface area contributed by atoms with Crippen LogP contribution in [0.3, 0.4) is 0 Å². The maximum atomic E-state index is 6.03. The van der Waals surface area contributed by atoms with Gasteiger partial charge in [-0.3, -0.25) is 0 Å². The fraction of sp³-hybridized carbons (Fsp3) is 0.643. The molecule has 2 atom stereocenters. The highest BCUT2D eigenvalue weighted by atomic mass is 16.6. The minimum Gasteiger partial charge on any atom is -0.487 e. The molecule has 0 bridgehead atoms. The number of aryl methyl sites for hydroxylation is 1. The number of rotatable bonds is 2. The fourth-order valence-corrected chi connectivity index (χ4v) is 3.05. The molecule has 0 saturated carbocycles. The number of aromatic nitrogens is 1. The summed E-state index contributed by atoms with van der Waals surface area (Å²) in [6.45, 7) is 5.20. The maximum absolute atomic E-state index is 6.03. The second kappa shape index (κ2) is 4.35. The van der Waals surface area contributed by atoms with E-state index in [0.717, 1.165) is 49.9 Å². The Kier molecular flexibility index (Phi) is 2.63. The predicted octanol–water partition coefficient (Wildman–Crippen LogP) is 1.15. The van der Waals surface area contributed by atoms with Gasteiger partial charge < -0.3 is 19.1 Å². The molecule has 3 aliphatic heterocycles. The van der Waals surface area contributed by atoms with Gasteiger partial charge >= 0.3 is 0 Å². The minimum atomic E-state index is 0.274. The fourth-order valence-electron chi connectivity index (χ4n) is 3.05. The highest BCUT2D eigenvalue weighted by Crippen LogP contribution is 2.39. The third-order valence-electron chi connectivity index (χ3n) is 4.14. The third-order valence-corrected chi connectivity index (χ3v) is 4.14. The molecule has 0 amide bonds. The van der Waals surface area contributed by atoms with Crippen LogP contribution in [0.2, 0.25) is 0 Å². The van der Waals surface area contributed by atoms with Gasteiger partial charge in [0.1, 0.15) is 12.7 Å².